The number of furan rings is 1. The van der Waals surface area contributed by atoms with E-state index >= 15 is 0 Å². The summed E-state index contributed by atoms with van der Waals surface area (Å²) in [4.78, 5) is 15.2. The van der Waals surface area contributed by atoms with Gasteiger partial charge in [-0.05, 0) is 12.1 Å². The van der Waals surface area contributed by atoms with Crippen molar-refractivity contribution in [3.05, 3.63) is 35.3 Å². The van der Waals surface area contributed by atoms with Gasteiger partial charge in [-0.3, -0.25) is 10.1 Å². The maximum atomic E-state index is 5.29. The lowest BCUT2D eigenvalue weighted by Gasteiger charge is -2.10. The Hall–Kier alpha value is -2.15. The largest absolute Gasteiger partial charge is 0.461 e. The highest BCUT2D eigenvalue weighted by atomic mass is 127. The zero-order valence-electron chi connectivity index (χ0n) is 15.4. The molecule has 0 aliphatic carbocycles. The van der Waals surface area contributed by atoms with E-state index in [1.54, 1.807) is 24.6 Å². The summed E-state index contributed by atoms with van der Waals surface area (Å²) in [5.41, 5.74) is 0.986. The van der Waals surface area contributed by atoms with Crippen molar-refractivity contribution in [3.8, 4) is 11.6 Å². The number of aromatic nitrogens is 4. The van der Waals surface area contributed by atoms with Crippen LogP contribution in [-0.2, 0) is 13.0 Å². The Morgan fingerprint density at radius 2 is 2.19 bits per heavy atom. The fraction of sp³-hybridized carbons (Fsp3) is 0.375. The molecule has 11 heteroatoms. The van der Waals surface area contributed by atoms with Crippen molar-refractivity contribution in [2.75, 3.05) is 32.6 Å². The average Bonchev–Trinajstić information content (AvgIpc) is 3.39. The molecular weight excluding hydrogens is 479 g/mol. The van der Waals surface area contributed by atoms with Crippen LogP contribution in [0.4, 0.5) is 5.13 Å². The molecule has 0 atom stereocenters. The fourth-order valence-electron chi connectivity index (χ4n) is 2.20. The molecule has 9 nitrogen and oxygen atoms in total. The van der Waals surface area contributed by atoms with Crippen LogP contribution in [0.25, 0.3) is 11.6 Å². The normalized spacial score (nSPS) is 11.1. The van der Waals surface area contributed by atoms with Gasteiger partial charge >= 0.3 is 0 Å². The second-order valence-electron chi connectivity index (χ2n) is 5.70. The van der Waals surface area contributed by atoms with Gasteiger partial charge in [-0.1, -0.05) is 0 Å². The van der Waals surface area contributed by atoms with E-state index in [1.807, 2.05) is 36.5 Å². The number of anilines is 1. The van der Waals surface area contributed by atoms with Gasteiger partial charge in [0, 0.05) is 39.5 Å². The molecule has 0 saturated heterocycles. The monoisotopic (exact) mass is 502 g/mol. The summed E-state index contributed by atoms with van der Waals surface area (Å²) in [6, 6.07) is 3.64. The molecule has 0 bridgehead atoms. The summed E-state index contributed by atoms with van der Waals surface area (Å²) in [5.74, 6) is 2.72. The van der Waals surface area contributed by atoms with Gasteiger partial charge in [0.05, 0.1) is 18.5 Å². The molecule has 0 unspecified atom stereocenters. The molecule has 0 fully saturated rings. The number of nitrogens with one attached hydrogen (secondary N) is 3. The van der Waals surface area contributed by atoms with Crippen molar-refractivity contribution in [2.24, 2.45) is 4.99 Å². The van der Waals surface area contributed by atoms with Gasteiger partial charge in [-0.15, -0.1) is 35.3 Å². The summed E-state index contributed by atoms with van der Waals surface area (Å²) in [5, 5.41) is 16.6. The number of thiazole rings is 1. The third-order valence-electron chi connectivity index (χ3n) is 3.51. The Bertz CT molecular complexity index is 842. The van der Waals surface area contributed by atoms with Gasteiger partial charge in [-0.2, -0.15) is 5.10 Å². The Kier molecular flexibility index (Phi) is 8.03. The maximum Gasteiger partial charge on any atom is 0.216 e. The molecule has 0 spiro atoms. The molecule has 3 aromatic heterocycles. The number of guanidine groups is 1. The summed E-state index contributed by atoms with van der Waals surface area (Å²) in [6.45, 7) is 1.29. The van der Waals surface area contributed by atoms with Crippen LogP contribution >= 0.6 is 35.3 Å². The van der Waals surface area contributed by atoms with E-state index in [0.29, 0.717) is 31.1 Å². The third-order valence-corrected chi connectivity index (χ3v) is 4.57. The van der Waals surface area contributed by atoms with Crippen LogP contribution < -0.4 is 15.5 Å². The van der Waals surface area contributed by atoms with Crippen molar-refractivity contribution >= 4 is 46.4 Å². The number of halogens is 1. The van der Waals surface area contributed by atoms with Crippen molar-refractivity contribution in [1.82, 2.24) is 30.8 Å². The molecule has 27 heavy (non-hydrogen) atoms. The van der Waals surface area contributed by atoms with Gasteiger partial charge in [0.15, 0.2) is 16.9 Å². The van der Waals surface area contributed by atoms with Crippen LogP contribution in [0.2, 0.25) is 0 Å². The summed E-state index contributed by atoms with van der Waals surface area (Å²) in [6.07, 6.45) is 2.29. The van der Waals surface area contributed by atoms with Crippen LogP contribution in [0.1, 0.15) is 11.5 Å². The van der Waals surface area contributed by atoms with Crippen LogP contribution in [0.15, 0.2) is 33.2 Å². The first-order valence-corrected chi connectivity index (χ1v) is 9.05. The van der Waals surface area contributed by atoms with Crippen molar-refractivity contribution < 1.29 is 4.42 Å². The highest BCUT2D eigenvalue weighted by Crippen LogP contribution is 2.17. The first-order chi connectivity index (χ1) is 12.7. The average molecular weight is 502 g/mol. The lowest BCUT2D eigenvalue weighted by molar-refractivity contribution is 0.577. The Labute approximate surface area is 178 Å². The number of hydrogen-bond acceptors (Lipinski definition) is 7. The van der Waals surface area contributed by atoms with E-state index in [9.17, 15) is 0 Å². The first kappa shape index (κ1) is 21.2. The topological polar surface area (TPSA) is 107 Å². The minimum Gasteiger partial charge on any atom is -0.461 e. The number of aliphatic imine (C=N–C) groups is 1. The summed E-state index contributed by atoms with van der Waals surface area (Å²) in [7, 11) is 5.71. The zero-order valence-corrected chi connectivity index (χ0v) is 18.5. The minimum atomic E-state index is 0. The fourth-order valence-corrected chi connectivity index (χ4v) is 2.96. The third kappa shape index (κ3) is 5.92. The minimum absolute atomic E-state index is 0. The molecule has 0 radical (unpaired) electrons. The number of rotatable bonds is 7. The molecule has 146 valence electrons. The molecule has 0 aliphatic heterocycles. The molecule has 0 amide bonds. The summed E-state index contributed by atoms with van der Waals surface area (Å²) >= 11 is 1.62. The standard InChI is InChI=1S/C16H22N8OS.HI/c1-17-15(19-9-11-10-26-16(20-11)24(2)3)18-7-6-13-21-14(23-22-13)12-5-4-8-25-12;/h4-5,8,10H,6-7,9H2,1-3H3,(H2,17,18,19)(H,21,22,23);1H. The van der Waals surface area contributed by atoms with E-state index in [2.05, 4.69) is 35.8 Å². The predicted molar refractivity (Wildman–Crippen MR) is 118 cm³/mol. The highest BCUT2D eigenvalue weighted by molar-refractivity contribution is 14.0. The Balaban J connectivity index is 0.00000261. The second kappa shape index (κ2) is 10.3. The number of aromatic amines is 1. The van der Waals surface area contributed by atoms with Crippen LogP contribution in [0.5, 0.6) is 0 Å². The van der Waals surface area contributed by atoms with E-state index in [1.165, 1.54) is 0 Å². The van der Waals surface area contributed by atoms with Crippen LogP contribution in [0, 0.1) is 0 Å². The van der Waals surface area contributed by atoms with Gasteiger partial charge in [-0.25, -0.2) is 9.97 Å². The van der Waals surface area contributed by atoms with Crippen molar-refractivity contribution in [2.45, 2.75) is 13.0 Å². The highest BCUT2D eigenvalue weighted by Gasteiger charge is 2.08. The van der Waals surface area contributed by atoms with E-state index in [4.69, 9.17) is 4.42 Å². The van der Waals surface area contributed by atoms with Gasteiger partial charge in [0.2, 0.25) is 5.82 Å². The number of hydrogen-bond donors (Lipinski definition) is 3. The van der Waals surface area contributed by atoms with Crippen LogP contribution in [-0.4, -0.2) is 53.8 Å². The Morgan fingerprint density at radius 1 is 1.33 bits per heavy atom. The molecular formula is C16H23IN8OS. The van der Waals surface area contributed by atoms with Gasteiger partial charge in [0.1, 0.15) is 5.82 Å². The number of H-pyrrole nitrogens is 1. The van der Waals surface area contributed by atoms with Gasteiger partial charge < -0.3 is 20.0 Å². The molecule has 3 heterocycles. The van der Waals surface area contributed by atoms with E-state index in [0.717, 1.165) is 22.6 Å². The van der Waals surface area contributed by atoms with E-state index in [-0.39, 0.29) is 24.0 Å². The summed E-state index contributed by atoms with van der Waals surface area (Å²) < 4.78 is 5.29. The molecule has 3 N–H and O–H groups in total. The van der Waals surface area contributed by atoms with E-state index < -0.39 is 0 Å². The molecule has 3 rings (SSSR count). The lowest BCUT2D eigenvalue weighted by atomic mass is 10.4. The quantitative estimate of drug-likeness (QED) is 0.258. The molecule has 3 aromatic rings. The first-order valence-electron chi connectivity index (χ1n) is 8.17. The molecule has 0 aliphatic rings. The van der Waals surface area contributed by atoms with Crippen LogP contribution in [0.3, 0.4) is 0 Å². The SMILES string of the molecule is CN=C(NCCc1nc(-c2ccco2)n[nH]1)NCc1csc(N(C)C)n1.I. The maximum absolute atomic E-state index is 5.29. The molecule has 0 saturated carbocycles. The predicted octanol–water partition coefficient (Wildman–Crippen LogP) is 2.11. The smallest absolute Gasteiger partial charge is 0.216 e. The van der Waals surface area contributed by atoms with Crippen molar-refractivity contribution in [3.63, 3.8) is 0 Å². The lowest BCUT2D eigenvalue weighted by Crippen LogP contribution is -2.38. The second-order valence-corrected chi connectivity index (χ2v) is 6.54. The number of nitrogens with zero attached hydrogens (tertiary/aromatic N) is 5. The van der Waals surface area contributed by atoms with Crippen molar-refractivity contribution in [1.29, 1.82) is 0 Å². The Morgan fingerprint density at radius 3 is 2.85 bits per heavy atom. The van der Waals surface area contributed by atoms with Gasteiger partial charge in [0.25, 0.3) is 0 Å². The molecule has 0 aromatic carbocycles. The zero-order chi connectivity index (χ0) is 18.4.